The van der Waals surface area contributed by atoms with Crippen LogP contribution in [0.4, 0.5) is 0 Å². The predicted octanol–water partition coefficient (Wildman–Crippen LogP) is 4.14. The number of nitrogens with zero attached hydrogens (tertiary/aromatic N) is 1. The molecule has 1 aliphatic rings. The minimum absolute atomic E-state index is 0.0135. The number of ether oxygens (including phenoxy) is 2. The van der Waals surface area contributed by atoms with Crippen molar-refractivity contribution in [2.45, 2.75) is 20.3 Å². The largest absolute Gasteiger partial charge is 0.493 e. The molecule has 7 nitrogen and oxygen atoms in total. The van der Waals surface area contributed by atoms with Crippen molar-refractivity contribution < 1.29 is 28.7 Å². The number of hydroxylamine groups is 2. The fourth-order valence-corrected chi connectivity index (χ4v) is 3.03. The number of hydrogen-bond donors (Lipinski definition) is 0. The molecule has 152 valence electrons. The van der Waals surface area contributed by atoms with Crippen LogP contribution in [0.3, 0.4) is 0 Å². The molecule has 0 aromatic heterocycles. The number of fused-ring (bicyclic) bond motifs is 1. The van der Waals surface area contributed by atoms with Crippen LogP contribution < -0.4 is 9.47 Å². The number of rotatable bonds is 7. The summed E-state index contributed by atoms with van der Waals surface area (Å²) in [4.78, 5) is 42.3. The van der Waals surface area contributed by atoms with Crippen LogP contribution in [0.1, 0.15) is 51.3 Å². The Morgan fingerprint density at radius 1 is 1.10 bits per heavy atom. The van der Waals surface area contributed by atoms with Crippen LogP contribution >= 0.6 is 11.6 Å². The molecule has 0 radical (unpaired) electrons. The number of amides is 2. The van der Waals surface area contributed by atoms with Gasteiger partial charge in [-0.2, -0.15) is 0 Å². The second kappa shape index (κ2) is 8.53. The zero-order chi connectivity index (χ0) is 21.1. The molecule has 29 heavy (non-hydrogen) atoms. The summed E-state index contributed by atoms with van der Waals surface area (Å²) in [5.41, 5.74) is 0.365. The number of hydrogen-bond acceptors (Lipinski definition) is 6. The maximum Gasteiger partial charge on any atom is 0.364 e. The SMILES string of the molecule is COc1cc(C(=O)ON2C(=O)c3ccccc3C2=O)cc(Cl)c1OCCC(C)C. The van der Waals surface area contributed by atoms with Gasteiger partial charge in [-0.1, -0.05) is 42.6 Å². The summed E-state index contributed by atoms with van der Waals surface area (Å²) in [7, 11) is 1.42. The molecule has 0 bridgehead atoms. The van der Waals surface area contributed by atoms with Crippen LogP contribution in [0.2, 0.25) is 5.02 Å². The van der Waals surface area contributed by atoms with Crippen molar-refractivity contribution in [3.05, 3.63) is 58.1 Å². The number of imide groups is 1. The summed E-state index contributed by atoms with van der Waals surface area (Å²) in [6.45, 7) is 4.58. The Bertz CT molecular complexity index is 937. The first-order valence-corrected chi connectivity index (χ1v) is 9.41. The van der Waals surface area contributed by atoms with Gasteiger partial charge in [0.2, 0.25) is 0 Å². The lowest BCUT2D eigenvalue weighted by Crippen LogP contribution is -2.32. The highest BCUT2D eigenvalue weighted by Gasteiger charge is 2.39. The van der Waals surface area contributed by atoms with Gasteiger partial charge >= 0.3 is 5.97 Å². The second-order valence-electron chi connectivity index (χ2n) is 6.85. The Morgan fingerprint density at radius 3 is 2.28 bits per heavy atom. The van der Waals surface area contributed by atoms with E-state index < -0.39 is 17.8 Å². The van der Waals surface area contributed by atoms with Crippen LogP contribution in [0.15, 0.2) is 36.4 Å². The molecule has 2 amide bonds. The van der Waals surface area contributed by atoms with E-state index >= 15 is 0 Å². The van der Waals surface area contributed by atoms with E-state index in [0.717, 1.165) is 6.42 Å². The number of benzene rings is 2. The van der Waals surface area contributed by atoms with E-state index in [4.69, 9.17) is 25.9 Å². The Balaban J connectivity index is 1.79. The maximum absolute atomic E-state index is 12.6. The normalized spacial score (nSPS) is 12.9. The molecule has 0 fully saturated rings. The fraction of sp³-hybridized carbons (Fsp3) is 0.286. The minimum atomic E-state index is -0.923. The molecule has 3 rings (SSSR count). The van der Waals surface area contributed by atoms with E-state index in [1.807, 2.05) is 0 Å². The van der Waals surface area contributed by atoms with Crippen LogP contribution in [0.5, 0.6) is 11.5 Å². The molecule has 0 spiro atoms. The van der Waals surface area contributed by atoms with Gasteiger partial charge in [0.1, 0.15) is 0 Å². The zero-order valence-electron chi connectivity index (χ0n) is 16.2. The molecule has 1 heterocycles. The molecular formula is C21H20ClNO6. The first kappa shape index (κ1) is 20.7. The molecule has 0 N–H and O–H groups in total. The molecule has 1 aliphatic heterocycles. The van der Waals surface area contributed by atoms with Gasteiger partial charge in [-0.05, 0) is 36.6 Å². The molecule has 0 aliphatic carbocycles. The van der Waals surface area contributed by atoms with Crippen LogP contribution in [0, 0.1) is 5.92 Å². The third kappa shape index (κ3) is 4.19. The van der Waals surface area contributed by atoms with Gasteiger partial charge in [-0.3, -0.25) is 9.59 Å². The molecular weight excluding hydrogens is 398 g/mol. The summed E-state index contributed by atoms with van der Waals surface area (Å²) in [6, 6.07) is 8.96. The van der Waals surface area contributed by atoms with Gasteiger partial charge in [0, 0.05) is 0 Å². The van der Waals surface area contributed by atoms with Crippen molar-refractivity contribution in [3.63, 3.8) is 0 Å². The van der Waals surface area contributed by atoms with Gasteiger partial charge in [0.05, 0.1) is 35.4 Å². The number of carbonyl (C=O) groups excluding carboxylic acids is 3. The summed E-state index contributed by atoms with van der Waals surface area (Å²) in [6.07, 6.45) is 0.822. The molecule has 2 aromatic carbocycles. The number of halogens is 1. The van der Waals surface area contributed by atoms with E-state index in [-0.39, 0.29) is 27.5 Å². The zero-order valence-corrected chi connectivity index (χ0v) is 17.0. The van der Waals surface area contributed by atoms with Gasteiger partial charge in [-0.15, -0.1) is 0 Å². The Hall–Kier alpha value is -3.06. The van der Waals surface area contributed by atoms with Crippen molar-refractivity contribution in [1.82, 2.24) is 5.06 Å². The van der Waals surface area contributed by atoms with E-state index in [0.29, 0.717) is 23.3 Å². The first-order chi connectivity index (χ1) is 13.8. The molecule has 0 saturated carbocycles. The second-order valence-corrected chi connectivity index (χ2v) is 7.26. The van der Waals surface area contributed by atoms with Crippen LogP contribution in [0.25, 0.3) is 0 Å². The van der Waals surface area contributed by atoms with Crippen molar-refractivity contribution >= 4 is 29.4 Å². The Kier molecular flexibility index (Phi) is 6.08. The smallest absolute Gasteiger partial charge is 0.364 e. The van der Waals surface area contributed by atoms with E-state index in [1.165, 1.54) is 31.4 Å². The van der Waals surface area contributed by atoms with E-state index in [9.17, 15) is 14.4 Å². The maximum atomic E-state index is 12.6. The summed E-state index contributed by atoms with van der Waals surface area (Å²) in [5.74, 6) is -1.32. The molecule has 0 saturated heterocycles. The van der Waals surface area contributed by atoms with Crippen molar-refractivity contribution in [1.29, 1.82) is 0 Å². The summed E-state index contributed by atoms with van der Waals surface area (Å²) < 4.78 is 11.0. The predicted molar refractivity (Wildman–Crippen MR) is 105 cm³/mol. The van der Waals surface area contributed by atoms with E-state index in [1.54, 1.807) is 12.1 Å². The lowest BCUT2D eigenvalue weighted by atomic mass is 10.1. The highest BCUT2D eigenvalue weighted by atomic mass is 35.5. The summed E-state index contributed by atoms with van der Waals surface area (Å²) >= 11 is 6.26. The number of methoxy groups -OCH3 is 1. The molecule has 2 aromatic rings. The van der Waals surface area contributed by atoms with Gasteiger partial charge in [0.15, 0.2) is 11.5 Å². The van der Waals surface area contributed by atoms with Crippen LogP contribution in [-0.2, 0) is 4.84 Å². The van der Waals surface area contributed by atoms with Gasteiger partial charge in [-0.25, -0.2) is 4.79 Å². The highest BCUT2D eigenvalue weighted by Crippen LogP contribution is 2.37. The van der Waals surface area contributed by atoms with Crippen molar-refractivity contribution in [2.75, 3.05) is 13.7 Å². The lowest BCUT2D eigenvalue weighted by molar-refractivity contribution is -0.0584. The number of carbonyl (C=O) groups is 3. The van der Waals surface area contributed by atoms with Gasteiger partial charge < -0.3 is 14.3 Å². The standard InChI is InChI=1S/C21H20ClNO6/c1-12(2)8-9-28-18-16(22)10-13(11-17(18)27-3)21(26)29-23-19(24)14-6-4-5-7-15(14)20(23)25/h4-7,10-12H,8-9H2,1-3H3. The van der Waals surface area contributed by atoms with Crippen molar-refractivity contribution in [3.8, 4) is 11.5 Å². The highest BCUT2D eigenvalue weighted by molar-refractivity contribution is 6.32. The fourth-order valence-electron chi connectivity index (χ4n) is 2.76. The average Bonchev–Trinajstić information content (AvgIpc) is 2.93. The third-order valence-corrected chi connectivity index (χ3v) is 4.62. The quantitative estimate of drug-likeness (QED) is 0.629. The lowest BCUT2D eigenvalue weighted by Gasteiger charge is -2.16. The summed E-state index contributed by atoms with van der Waals surface area (Å²) in [5, 5.41) is 0.600. The minimum Gasteiger partial charge on any atom is -0.493 e. The van der Waals surface area contributed by atoms with E-state index in [2.05, 4.69) is 13.8 Å². The first-order valence-electron chi connectivity index (χ1n) is 9.04. The Morgan fingerprint density at radius 2 is 1.72 bits per heavy atom. The third-order valence-electron chi connectivity index (χ3n) is 4.34. The Labute approximate surface area is 173 Å². The monoisotopic (exact) mass is 417 g/mol. The molecule has 0 atom stereocenters. The average molecular weight is 418 g/mol. The van der Waals surface area contributed by atoms with Crippen LogP contribution in [-0.4, -0.2) is 36.6 Å². The van der Waals surface area contributed by atoms with Crippen molar-refractivity contribution in [2.24, 2.45) is 5.92 Å². The topological polar surface area (TPSA) is 82.1 Å². The van der Waals surface area contributed by atoms with Gasteiger partial charge in [0.25, 0.3) is 11.8 Å². The molecule has 8 heteroatoms. The molecule has 0 unspecified atom stereocenters.